The van der Waals surface area contributed by atoms with Crippen LogP contribution in [0, 0.1) is 5.92 Å². The van der Waals surface area contributed by atoms with E-state index >= 15 is 0 Å². The molecule has 2 atom stereocenters. The lowest BCUT2D eigenvalue weighted by Gasteiger charge is -2.18. The van der Waals surface area contributed by atoms with Gasteiger partial charge >= 0.3 is 0 Å². The third-order valence-electron chi connectivity index (χ3n) is 4.11. The van der Waals surface area contributed by atoms with E-state index in [1.165, 1.54) is 6.42 Å². The van der Waals surface area contributed by atoms with Crippen LogP contribution in [0.1, 0.15) is 44.2 Å². The molecule has 2 unspecified atom stereocenters. The first kappa shape index (κ1) is 14.1. The highest BCUT2D eigenvalue weighted by atomic mass is 16.2. The smallest absolute Gasteiger partial charge is 0.222 e. The maximum atomic E-state index is 12.1. The summed E-state index contributed by atoms with van der Waals surface area (Å²) in [5.74, 6) is 0.967. The molecule has 1 aromatic carbocycles. The zero-order valence-electron chi connectivity index (χ0n) is 11.7. The third-order valence-corrected chi connectivity index (χ3v) is 4.11. The maximum Gasteiger partial charge on any atom is 0.222 e. The van der Waals surface area contributed by atoms with Gasteiger partial charge in [0.15, 0.2) is 0 Å². The van der Waals surface area contributed by atoms with E-state index in [0.717, 1.165) is 31.5 Å². The molecule has 0 aromatic heterocycles. The molecule has 1 saturated heterocycles. The Kier molecular flexibility index (Phi) is 4.97. The van der Waals surface area contributed by atoms with Crippen LogP contribution in [0.15, 0.2) is 30.3 Å². The van der Waals surface area contributed by atoms with Crippen molar-refractivity contribution < 1.29 is 4.79 Å². The summed E-state index contributed by atoms with van der Waals surface area (Å²) in [7, 11) is 0. The second kappa shape index (κ2) is 6.71. The molecular weight excluding hydrogens is 236 g/mol. The predicted octanol–water partition coefficient (Wildman–Crippen LogP) is 2.73. The van der Waals surface area contributed by atoms with Crippen LogP contribution in [0.3, 0.4) is 0 Å². The Balaban J connectivity index is 1.78. The van der Waals surface area contributed by atoms with E-state index < -0.39 is 0 Å². The average Bonchev–Trinajstić information content (AvgIpc) is 2.94. The molecule has 2 rings (SSSR count). The van der Waals surface area contributed by atoms with Gasteiger partial charge < -0.3 is 10.6 Å². The van der Waals surface area contributed by atoms with Crippen molar-refractivity contribution in [3.05, 3.63) is 35.9 Å². The monoisotopic (exact) mass is 260 g/mol. The molecule has 1 aliphatic rings. The summed E-state index contributed by atoms with van der Waals surface area (Å²) in [6.45, 7) is 4.07. The van der Waals surface area contributed by atoms with E-state index in [1.807, 2.05) is 35.2 Å². The van der Waals surface area contributed by atoms with Gasteiger partial charge in [0.05, 0.1) is 0 Å². The Bertz CT molecular complexity index is 404. The first-order valence-corrected chi connectivity index (χ1v) is 7.29. The molecule has 3 heteroatoms. The number of nitrogens with two attached hydrogens (primary N) is 1. The van der Waals surface area contributed by atoms with Crippen molar-refractivity contribution in [2.75, 3.05) is 13.1 Å². The SMILES string of the molecule is CCC1CCN(C(=O)CCC(N)c2ccccc2)C1. The van der Waals surface area contributed by atoms with Gasteiger partial charge in [0.2, 0.25) is 5.91 Å². The second-order valence-electron chi connectivity index (χ2n) is 5.46. The van der Waals surface area contributed by atoms with Crippen LogP contribution >= 0.6 is 0 Å². The normalized spacial score (nSPS) is 20.5. The molecule has 0 bridgehead atoms. The van der Waals surface area contributed by atoms with Gasteiger partial charge in [-0.1, -0.05) is 43.7 Å². The number of benzene rings is 1. The number of carbonyl (C=O) groups is 1. The van der Waals surface area contributed by atoms with E-state index in [1.54, 1.807) is 0 Å². The summed E-state index contributed by atoms with van der Waals surface area (Å²) in [6.07, 6.45) is 3.63. The quantitative estimate of drug-likeness (QED) is 0.884. The highest BCUT2D eigenvalue weighted by Crippen LogP contribution is 2.21. The standard InChI is InChI=1S/C16H24N2O/c1-2-13-10-11-18(12-13)16(19)9-8-15(17)14-6-4-3-5-7-14/h3-7,13,15H,2,8-12,17H2,1H3. The highest BCUT2D eigenvalue weighted by Gasteiger charge is 2.24. The maximum absolute atomic E-state index is 12.1. The number of carbonyl (C=O) groups excluding carboxylic acids is 1. The number of rotatable bonds is 5. The van der Waals surface area contributed by atoms with Crippen molar-refractivity contribution in [2.24, 2.45) is 11.7 Å². The molecular formula is C16H24N2O. The van der Waals surface area contributed by atoms with Gasteiger partial charge in [0.1, 0.15) is 0 Å². The van der Waals surface area contributed by atoms with E-state index in [0.29, 0.717) is 12.3 Å². The van der Waals surface area contributed by atoms with Crippen LogP contribution in [0.5, 0.6) is 0 Å². The van der Waals surface area contributed by atoms with E-state index in [-0.39, 0.29) is 11.9 Å². The fraction of sp³-hybridized carbons (Fsp3) is 0.562. The van der Waals surface area contributed by atoms with Crippen LogP contribution in [-0.2, 0) is 4.79 Å². The Labute approximate surface area is 115 Å². The van der Waals surface area contributed by atoms with Gasteiger partial charge in [-0.15, -0.1) is 0 Å². The van der Waals surface area contributed by atoms with Gasteiger partial charge in [0, 0.05) is 25.6 Å². The first-order valence-electron chi connectivity index (χ1n) is 7.29. The Morgan fingerprint density at radius 1 is 1.42 bits per heavy atom. The largest absolute Gasteiger partial charge is 0.342 e. The highest BCUT2D eigenvalue weighted by molar-refractivity contribution is 5.76. The van der Waals surface area contributed by atoms with Gasteiger partial charge in [-0.25, -0.2) is 0 Å². The van der Waals surface area contributed by atoms with Crippen LogP contribution in [-0.4, -0.2) is 23.9 Å². The summed E-state index contributed by atoms with van der Waals surface area (Å²) in [6, 6.07) is 9.98. The average molecular weight is 260 g/mol. The lowest BCUT2D eigenvalue weighted by Crippen LogP contribution is -2.29. The Hall–Kier alpha value is -1.35. The molecule has 1 amide bonds. The van der Waals surface area contributed by atoms with Gasteiger partial charge in [0.25, 0.3) is 0 Å². The molecule has 1 fully saturated rings. The Morgan fingerprint density at radius 2 is 2.16 bits per heavy atom. The summed E-state index contributed by atoms with van der Waals surface area (Å²) >= 11 is 0. The van der Waals surface area contributed by atoms with E-state index in [2.05, 4.69) is 6.92 Å². The number of amides is 1. The van der Waals surface area contributed by atoms with Crippen LogP contribution in [0.2, 0.25) is 0 Å². The second-order valence-corrected chi connectivity index (χ2v) is 5.46. The minimum Gasteiger partial charge on any atom is -0.342 e. The predicted molar refractivity (Wildman–Crippen MR) is 77.6 cm³/mol. The van der Waals surface area contributed by atoms with Crippen LogP contribution in [0.4, 0.5) is 0 Å². The fourth-order valence-corrected chi connectivity index (χ4v) is 2.70. The molecule has 19 heavy (non-hydrogen) atoms. The molecule has 1 aromatic rings. The van der Waals surface area contributed by atoms with Crippen molar-refractivity contribution in [1.82, 2.24) is 4.90 Å². The fourth-order valence-electron chi connectivity index (χ4n) is 2.70. The molecule has 1 heterocycles. The van der Waals surface area contributed by atoms with Gasteiger partial charge in [-0.05, 0) is 24.3 Å². The molecule has 0 aliphatic carbocycles. The van der Waals surface area contributed by atoms with Crippen LogP contribution in [0.25, 0.3) is 0 Å². The number of nitrogens with zero attached hydrogens (tertiary/aromatic N) is 1. The number of likely N-dealkylation sites (tertiary alicyclic amines) is 1. The molecule has 2 N–H and O–H groups in total. The molecule has 0 spiro atoms. The molecule has 0 saturated carbocycles. The van der Waals surface area contributed by atoms with Gasteiger partial charge in [-0.2, -0.15) is 0 Å². The van der Waals surface area contributed by atoms with E-state index in [4.69, 9.17) is 5.73 Å². The zero-order valence-corrected chi connectivity index (χ0v) is 11.7. The number of hydrogen-bond donors (Lipinski definition) is 1. The molecule has 0 radical (unpaired) electrons. The third kappa shape index (κ3) is 3.80. The minimum atomic E-state index is -0.0327. The lowest BCUT2D eigenvalue weighted by atomic mass is 10.0. The molecule has 1 aliphatic heterocycles. The first-order chi connectivity index (χ1) is 9.20. The van der Waals surface area contributed by atoms with Crippen molar-refractivity contribution in [1.29, 1.82) is 0 Å². The topological polar surface area (TPSA) is 46.3 Å². The lowest BCUT2D eigenvalue weighted by molar-refractivity contribution is -0.130. The summed E-state index contributed by atoms with van der Waals surface area (Å²) in [4.78, 5) is 14.1. The summed E-state index contributed by atoms with van der Waals surface area (Å²) < 4.78 is 0. The zero-order chi connectivity index (χ0) is 13.7. The Morgan fingerprint density at radius 3 is 2.79 bits per heavy atom. The van der Waals surface area contributed by atoms with Crippen molar-refractivity contribution in [2.45, 2.75) is 38.6 Å². The van der Waals surface area contributed by atoms with Gasteiger partial charge in [-0.3, -0.25) is 4.79 Å². The minimum absolute atomic E-state index is 0.0327. The number of hydrogen-bond acceptors (Lipinski definition) is 2. The summed E-state index contributed by atoms with van der Waals surface area (Å²) in [5.41, 5.74) is 7.24. The van der Waals surface area contributed by atoms with Crippen molar-refractivity contribution in [3.8, 4) is 0 Å². The van der Waals surface area contributed by atoms with Crippen molar-refractivity contribution in [3.63, 3.8) is 0 Å². The van der Waals surface area contributed by atoms with Crippen molar-refractivity contribution >= 4 is 5.91 Å². The summed E-state index contributed by atoms with van der Waals surface area (Å²) in [5, 5.41) is 0. The molecule has 3 nitrogen and oxygen atoms in total. The molecule has 104 valence electrons. The van der Waals surface area contributed by atoms with E-state index in [9.17, 15) is 4.79 Å². The van der Waals surface area contributed by atoms with Crippen LogP contribution < -0.4 is 5.73 Å².